The van der Waals surface area contributed by atoms with Crippen LogP contribution in [0.4, 0.5) is 0 Å². The molecule has 12 heavy (non-hydrogen) atoms. The summed E-state index contributed by atoms with van der Waals surface area (Å²) in [4.78, 5) is 10.6. The van der Waals surface area contributed by atoms with Crippen molar-refractivity contribution in [3.05, 3.63) is 0 Å². The zero-order valence-corrected chi connectivity index (χ0v) is 7.24. The number of aliphatic hydroxyl groups excluding tert-OH is 1. The Labute approximate surface area is 70.9 Å². The average Bonchev–Trinajstić information content (AvgIpc) is 2.03. The molecule has 2 N–H and O–H groups in total. The predicted octanol–water partition coefficient (Wildman–Crippen LogP) is -0.167. The zero-order valence-electron chi connectivity index (χ0n) is 7.24. The van der Waals surface area contributed by atoms with Crippen molar-refractivity contribution in [2.45, 2.75) is 19.6 Å². The van der Waals surface area contributed by atoms with E-state index < -0.39 is 18.4 Å². The molecule has 0 atom stereocenters. The van der Waals surface area contributed by atoms with Crippen molar-refractivity contribution in [3.63, 3.8) is 0 Å². The molecule has 0 aliphatic heterocycles. The van der Waals surface area contributed by atoms with Gasteiger partial charge in [-0.2, -0.15) is 0 Å². The highest BCUT2D eigenvalue weighted by Gasteiger charge is 2.40. The van der Waals surface area contributed by atoms with Gasteiger partial charge in [0, 0.05) is 13.2 Å². The van der Waals surface area contributed by atoms with Crippen LogP contribution in [-0.2, 0) is 14.3 Å². The molecular formula is C7H14O5. The van der Waals surface area contributed by atoms with Crippen LogP contribution in [0, 0.1) is 0 Å². The third-order valence-electron chi connectivity index (χ3n) is 1.29. The Bertz CT molecular complexity index is 139. The van der Waals surface area contributed by atoms with Gasteiger partial charge in [0.25, 0.3) is 5.79 Å². The number of carboxylic acid groups (broad SMARTS) is 1. The van der Waals surface area contributed by atoms with E-state index in [1.807, 2.05) is 0 Å². The number of hydrogen-bond acceptors (Lipinski definition) is 4. The normalized spacial score (nSPS) is 11.6. The minimum atomic E-state index is -1.89. The number of hydrogen-bond donors (Lipinski definition) is 2. The van der Waals surface area contributed by atoms with Gasteiger partial charge in [-0.25, -0.2) is 4.79 Å². The number of carbonyl (C=O) groups is 1. The fraction of sp³-hybridized carbons (Fsp3) is 0.857. The SMILES string of the molecule is CCOC(CO)(OCC)C(=O)O. The molecule has 0 saturated heterocycles. The smallest absolute Gasteiger partial charge is 0.367 e. The van der Waals surface area contributed by atoms with E-state index in [2.05, 4.69) is 0 Å². The Hall–Kier alpha value is -0.650. The molecule has 72 valence electrons. The van der Waals surface area contributed by atoms with Crippen LogP contribution < -0.4 is 0 Å². The lowest BCUT2D eigenvalue weighted by molar-refractivity contribution is -0.253. The molecule has 0 unspecified atom stereocenters. The highest BCUT2D eigenvalue weighted by atomic mass is 16.7. The second-order valence-electron chi connectivity index (χ2n) is 2.08. The van der Waals surface area contributed by atoms with E-state index in [9.17, 15) is 4.79 Å². The summed E-state index contributed by atoms with van der Waals surface area (Å²) in [6, 6.07) is 0. The molecular weight excluding hydrogens is 164 g/mol. The molecule has 0 aromatic rings. The van der Waals surface area contributed by atoms with Crippen molar-refractivity contribution < 1.29 is 24.5 Å². The lowest BCUT2D eigenvalue weighted by Gasteiger charge is -2.26. The largest absolute Gasteiger partial charge is 0.477 e. The second kappa shape index (κ2) is 5.08. The minimum Gasteiger partial charge on any atom is -0.477 e. The van der Waals surface area contributed by atoms with Crippen LogP contribution in [0.2, 0.25) is 0 Å². The number of rotatable bonds is 6. The van der Waals surface area contributed by atoms with Crippen molar-refractivity contribution in [3.8, 4) is 0 Å². The van der Waals surface area contributed by atoms with Gasteiger partial charge in [0.1, 0.15) is 6.61 Å². The summed E-state index contributed by atoms with van der Waals surface area (Å²) in [6.45, 7) is 2.92. The number of aliphatic hydroxyl groups is 1. The molecule has 5 nitrogen and oxygen atoms in total. The first-order valence-electron chi connectivity index (χ1n) is 3.75. The molecule has 0 saturated carbocycles. The van der Waals surface area contributed by atoms with Crippen molar-refractivity contribution in [2.24, 2.45) is 0 Å². The van der Waals surface area contributed by atoms with Crippen LogP contribution in [0.25, 0.3) is 0 Å². The van der Waals surface area contributed by atoms with Gasteiger partial charge in [0.15, 0.2) is 0 Å². The van der Waals surface area contributed by atoms with Gasteiger partial charge in [0.05, 0.1) is 0 Å². The Balaban J connectivity index is 4.39. The molecule has 0 fully saturated rings. The lowest BCUT2D eigenvalue weighted by atomic mass is 10.3. The van der Waals surface area contributed by atoms with E-state index in [1.54, 1.807) is 13.8 Å². The predicted molar refractivity (Wildman–Crippen MR) is 40.7 cm³/mol. The topological polar surface area (TPSA) is 76.0 Å². The van der Waals surface area contributed by atoms with Crippen LogP contribution in [0.15, 0.2) is 0 Å². The molecule has 0 aliphatic rings. The van der Waals surface area contributed by atoms with E-state index in [-0.39, 0.29) is 13.2 Å². The molecule has 0 spiro atoms. The van der Waals surface area contributed by atoms with E-state index in [0.29, 0.717) is 0 Å². The van der Waals surface area contributed by atoms with Crippen molar-refractivity contribution in [1.82, 2.24) is 0 Å². The molecule has 0 amide bonds. The summed E-state index contributed by atoms with van der Waals surface area (Å²) in [5.41, 5.74) is 0. The first-order valence-corrected chi connectivity index (χ1v) is 3.75. The first kappa shape index (κ1) is 11.4. The van der Waals surface area contributed by atoms with Crippen molar-refractivity contribution in [1.29, 1.82) is 0 Å². The maximum absolute atomic E-state index is 10.6. The van der Waals surface area contributed by atoms with Gasteiger partial charge in [0.2, 0.25) is 0 Å². The summed E-state index contributed by atoms with van der Waals surface area (Å²) in [5.74, 6) is -3.20. The molecule has 0 aromatic carbocycles. The molecule has 0 rings (SSSR count). The van der Waals surface area contributed by atoms with Gasteiger partial charge in [-0.1, -0.05) is 0 Å². The summed E-state index contributed by atoms with van der Waals surface area (Å²) in [7, 11) is 0. The summed E-state index contributed by atoms with van der Waals surface area (Å²) < 4.78 is 9.62. The van der Waals surface area contributed by atoms with Gasteiger partial charge in [-0.3, -0.25) is 0 Å². The number of aliphatic carboxylic acids is 1. The highest BCUT2D eigenvalue weighted by Crippen LogP contribution is 2.12. The third-order valence-corrected chi connectivity index (χ3v) is 1.29. The molecule has 5 heteroatoms. The van der Waals surface area contributed by atoms with Gasteiger partial charge in [-0.15, -0.1) is 0 Å². The Morgan fingerprint density at radius 2 is 1.75 bits per heavy atom. The Morgan fingerprint density at radius 1 is 1.33 bits per heavy atom. The fourth-order valence-electron chi connectivity index (χ4n) is 0.790. The Morgan fingerprint density at radius 3 is 1.92 bits per heavy atom. The summed E-state index contributed by atoms with van der Waals surface area (Å²) >= 11 is 0. The maximum Gasteiger partial charge on any atom is 0.367 e. The first-order chi connectivity index (χ1) is 5.63. The van der Waals surface area contributed by atoms with Crippen molar-refractivity contribution in [2.75, 3.05) is 19.8 Å². The fourth-order valence-corrected chi connectivity index (χ4v) is 0.790. The van der Waals surface area contributed by atoms with Crippen LogP contribution in [-0.4, -0.2) is 41.8 Å². The quantitative estimate of drug-likeness (QED) is 0.552. The molecule has 0 bridgehead atoms. The molecule has 0 radical (unpaired) electrons. The van der Waals surface area contributed by atoms with Crippen molar-refractivity contribution >= 4 is 5.97 Å². The van der Waals surface area contributed by atoms with Crippen LogP contribution in [0.1, 0.15) is 13.8 Å². The molecule has 0 aromatic heterocycles. The monoisotopic (exact) mass is 178 g/mol. The third kappa shape index (κ3) is 2.44. The molecule has 0 aliphatic carbocycles. The summed E-state index contributed by atoms with van der Waals surface area (Å²) in [5, 5.41) is 17.5. The van der Waals surface area contributed by atoms with E-state index in [1.165, 1.54) is 0 Å². The van der Waals surface area contributed by atoms with E-state index in [0.717, 1.165) is 0 Å². The van der Waals surface area contributed by atoms with Crippen LogP contribution in [0.3, 0.4) is 0 Å². The number of carboxylic acids is 1. The number of ether oxygens (including phenoxy) is 2. The van der Waals surface area contributed by atoms with Gasteiger partial charge < -0.3 is 19.7 Å². The van der Waals surface area contributed by atoms with Gasteiger partial charge >= 0.3 is 5.97 Å². The van der Waals surface area contributed by atoms with Gasteiger partial charge in [-0.05, 0) is 13.8 Å². The summed E-state index contributed by atoms with van der Waals surface area (Å²) in [6.07, 6.45) is 0. The molecule has 0 heterocycles. The highest BCUT2D eigenvalue weighted by molar-refractivity contribution is 5.75. The second-order valence-corrected chi connectivity index (χ2v) is 2.08. The van der Waals surface area contributed by atoms with E-state index >= 15 is 0 Å². The maximum atomic E-state index is 10.6. The minimum absolute atomic E-state index is 0.173. The Kier molecular flexibility index (Phi) is 4.80. The van der Waals surface area contributed by atoms with E-state index in [4.69, 9.17) is 19.7 Å². The lowest BCUT2D eigenvalue weighted by Crippen LogP contribution is -2.47. The van der Waals surface area contributed by atoms with Crippen LogP contribution in [0.5, 0.6) is 0 Å². The average molecular weight is 178 g/mol. The zero-order chi connectivity index (χ0) is 9.61. The standard InChI is InChI=1S/C7H14O5/c1-3-11-7(5-8,6(9)10)12-4-2/h8H,3-5H2,1-2H3,(H,9,10). The van der Waals surface area contributed by atoms with Crippen LogP contribution >= 0.6 is 0 Å².